The lowest BCUT2D eigenvalue weighted by Crippen LogP contribution is -2.11. The van der Waals surface area contributed by atoms with Gasteiger partial charge in [0.1, 0.15) is 9.88 Å². The topological polar surface area (TPSA) is 50.2 Å². The first-order valence-electron chi connectivity index (χ1n) is 5.28. The highest BCUT2D eigenvalue weighted by molar-refractivity contribution is 9.10. The van der Waals surface area contributed by atoms with Crippen LogP contribution in [0.1, 0.15) is 20.9 Å². The van der Waals surface area contributed by atoms with Crippen LogP contribution < -0.4 is 0 Å². The van der Waals surface area contributed by atoms with E-state index in [1.54, 1.807) is 18.2 Å². The van der Waals surface area contributed by atoms with Crippen molar-refractivity contribution >= 4 is 33.2 Å². The predicted octanol–water partition coefficient (Wildman–Crippen LogP) is 4.60. The Kier molecular flexibility index (Phi) is 3.88. The van der Waals surface area contributed by atoms with E-state index in [9.17, 15) is 18.0 Å². The zero-order chi connectivity index (χ0) is 15.1. The van der Waals surface area contributed by atoms with Crippen molar-refractivity contribution in [3.05, 3.63) is 38.8 Å². The monoisotopic (exact) mass is 365 g/mol. The second kappa shape index (κ2) is 5.17. The molecule has 1 aromatic heterocycles. The van der Waals surface area contributed by atoms with Crippen LogP contribution in [0.5, 0.6) is 0 Å². The molecule has 106 valence electrons. The number of aromatic nitrogens is 1. The van der Waals surface area contributed by atoms with E-state index in [-0.39, 0.29) is 5.01 Å². The Morgan fingerprint density at radius 2 is 2.05 bits per heavy atom. The van der Waals surface area contributed by atoms with Gasteiger partial charge >= 0.3 is 12.1 Å². The van der Waals surface area contributed by atoms with Crippen molar-refractivity contribution in [3.63, 3.8) is 0 Å². The molecule has 0 fully saturated rings. The number of rotatable bonds is 2. The minimum absolute atomic E-state index is 0.0235. The highest BCUT2D eigenvalue weighted by Gasteiger charge is 2.39. The molecule has 2 rings (SSSR count). The van der Waals surface area contributed by atoms with Crippen molar-refractivity contribution in [2.75, 3.05) is 0 Å². The standard InChI is InChI=1S/C12H7BrF3NO2S/c1-5-2-3-6(4-7(5)13)10-17-9(12(14,15)16)8(20-10)11(18)19/h2-4H,1H3,(H,18,19). The largest absolute Gasteiger partial charge is 0.477 e. The van der Waals surface area contributed by atoms with Crippen LogP contribution in [-0.4, -0.2) is 16.1 Å². The average Bonchev–Trinajstić information content (AvgIpc) is 2.77. The number of benzene rings is 1. The van der Waals surface area contributed by atoms with Crippen molar-refractivity contribution in [1.29, 1.82) is 0 Å². The summed E-state index contributed by atoms with van der Waals surface area (Å²) in [5.41, 5.74) is -0.00742. The number of nitrogens with zero attached hydrogens (tertiary/aromatic N) is 1. The van der Waals surface area contributed by atoms with Gasteiger partial charge in [0.2, 0.25) is 0 Å². The molecule has 2 aromatic rings. The summed E-state index contributed by atoms with van der Waals surface area (Å²) in [4.78, 5) is 13.5. The first-order chi connectivity index (χ1) is 9.20. The van der Waals surface area contributed by atoms with Crippen LogP contribution >= 0.6 is 27.3 Å². The van der Waals surface area contributed by atoms with E-state index in [0.717, 1.165) is 10.0 Å². The molecule has 8 heteroatoms. The Morgan fingerprint density at radius 3 is 2.50 bits per heavy atom. The average molecular weight is 366 g/mol. The summed E-state index contributed by atoms with van der Waals surface area (Å²) in [7, 11) is 0. The zero-order valence-corrected chi connectivity index (χ0v) is 12.4. The van der Waals surface area contributed by atoms with Gasteiger partial charge in [-0.05, 0) is 18.6 Å². The fourth-order valence-corrected chi connectivity index (χ4v) is 2.81. The van der Waals surface area contributed by atoms with Gasteiger partial charge in [0, 0.05) is 10.0 Å². The van der Waals surface area contributed by atoms with E-state index in [4.69, 9.17) is 5.11 Å². The van der Waals surface area contributed by atoms with E-state index >= 15 is 0 Å². The van der Waals surface area contributed by atoms with Crippen LogP contribution in [0.25, 0.3) is 10.6 Å². The molecule has 1 aromatic carbocycles. The van der Waals surface area contributed by atoms with E-state index < -0.39 is 22.7 Å². The third kappa shape index (κ3) is 2.85. The lowest BCUT2D eigenvalue weighted by molar-refractivity contribution is -0.141. The second-order valence-electron chi connectivity index (χ2n) is 3.96. The predicted molar refractivity (Wildman–Crippen MR) is 71.9 cm³/mol. The van der Waals surface area contributed by atoms with Gasteiger partial charge in [-0.25, -0.2) is 9.78 Å². The third-order valence-electron chi connectivity index (χ3n) is 2.51. The summed E-state index contributed by atoms with van der Waals surface area (Å²) in [6.07, 6.45) is -4.79. The molecular weight excluding hydrogens is 359 g/mol. The smallest absolute Gasteiger partial charge is 0.435 e. The van der Waals surface area contributed by atoms with Crippen molar-refractivity contribution in [1.82, 2.24) is 4.98 Å². The SMILES string of the molecule is Cc1ccc(-c2nc(C(F)(F)F)c(C(=O)O)s2)cc1Br. The third-order valence-corrected chi connectivity index (χ3v) is 4.46. The number of thiazole rings is 1. The molecule has 1 heterocycles. The van der Waals surface area contributed by atoms with Crippen molar-refractivity contribution in [2.24, 2.45) is 0 Å². The number of halogens is 4. The van der Waals surface area contributed by atoms with Crippen molar-refractivity contribution in [2.45, 2.75) is 13.1 Å². The van der Waals surface area contributed by atoms with Crippen LogP contribution in [0.4, 0.5) is 13.2 Å². The molecule has 0 radical (unpaired) electrons. The van der Waals surface area contributed by atoms with Gasteiger partial charge in [0.15, 0.2) is 5.69 Å². The molecule has 0 atom stereocenters. The summed E-state index contributed by atoms with van der Waals surface area (Å²) in [5.74, 6) is -1.63. The maximum atomic E-state index is 12.8. The Balaban J connectivity index is 2.58. The molecule has 0 spiro atoms. The number of aryl methyl sites for hydroxylation is 1. The lowest BCUT2D eigenvalue weighted by Gasteiger charge is -2.03. The number of carbonyl (C=O) groups is 1. The molecule has 0 unspecified atom stereocenters. The van der Waals surface area contributed by atoms with E-state index in [0.29, 0.717) is 16.9 Å². The van der Waals surface area contributed by atoms with Crippen LogP contribution in [0, 0.1) is 6.92 Å². The summed E-state index contributed by atoms with van der Waals surface area (Å²) in [5, 5.41) is 8.87. The number of carboxylic acid groups (broad SMARTS) is 1. The molecule has 0 aliphatic heterocycles. The molecule has 0 saturated heterocycles. The van der Waals surface area contributed by atoms with Gasteiger partial charge in [0.25, 0.3) is 0 Å². The van der Waals surface area contributed by atoms with Gasteiger partial charge in [-0.15, -0.1) is 11.3 Å². The molecule has 20 heavy (non-hydrogen) atoms. The molecular formula is C12H7BrF3NO2S. The Hall–Kier alpha value is -1.41. The molecule has 0 saturated carbocycles. The van der Waals surface area contributed by atoms with Crippen LogP contribution in [0.3, 0.4) is 0 Å². The molecule has 0 amide bonds. The minimum Gasteiger partial charge on any atom is -0.477 e. The van der Waals surface area contributed by atoms with Gasteiger partial charge in [0.05, 0.1) is 0 Å². The number of hydrogen-bond acceptors (Lipinski definition) is 3. The van der Waals surface area contributed by atoms with Gasteiger partial charge < -0.3 is 5.11 Å². The lowest BCUT2D eigenvalue weighted by atomic mass is 10.2. The van der Waals surface area contributed by atoms with Crippen LogP contribution in [0.15, 0.2) is 22.7 Å². The summed E-state index contributed by atoms with van der Waals surface area (Å²) in [6.45, 7) is 1.83. The van der Waals surface area contributed by atoms with Crippen molar-refractivity contribution < 1.29 is 23.1 Å². The fourth-order valence-electron chi connectivity index (χ4n) is 1.51. The maximum Gasteiger partial charge on any atom is 0.435 e. The summed E-state index contributed by atoms with van der Waals surface area (Å²) >= 11 is 3.79. The maximum absolute atomic E-state index is 12.8. The quantitative estimate of drug-likeness (QED) is 0.845. The van der Waals surface area contributed by atoms with Gasteiger partial charge in [-0.1, -0.05) is 28.1 Å². The van der Waals surface area contributed by atoms with Crippen LogP contribution in [-0.2, 0) is 6.18 Å². The van der Waals surface area contributed by atoms with Crippen molar-refractivity contribution in [3.8, 4) is 10.6 Å². The van der Waals surface area contributed by atoms with Crippen LogP contribution in [0.2, 0.25) is 0 Å². The minimum atomic E-state index is -4.79. The highest BCUT2D eigenvalue weighted by Crippen LogP contribution is 2.38. The summed E-state index contributed by atoms with van der Waals surface area (Å²) in [6, 6.07) is 4.93. The normalized spacial score (nSPS) is 11.7. The first-order valence-corrected chi connectivity index (χ1v) is 6.89. The van der Waals surface area contributed by atoms with Gasteiger partial charge in [-0.2, -0.15) is 13.2 Å². The van der Waals surface area contributed by atoms with Gasteiger partial charge in [-0.3, -0.25) is 0 Å². The summed E-state index contributed by atoms with van der Waals surface area (Å²) < 4.78 is 39.0. The highest BCUT2D eigenvalue weighted by atomic mass is 79.9. The van der Waals surface area contributed by atoms with E-state index in [1.165, 1.54) is 0 Å². The zero-order valence-electron chi connectivity index (χ0n) is 9.95. The molecule has 3 nitrogen and oxygen atoms in total. The second-order valence-corrected chi connectivity index (χ2v) is 5.82. The van der Waals surface area contributed by atoms with E-state index in [1.807, 2.05) is 6.92 Å². The number of aromatic carboxylic acids is 1. The fraction of sp³-hybridized carbons (Fsp3) is 0.167. The molecule has 0 aliphatic rings. The molecule has 0 aliphatic carbocycles. The molecule has 1 N–H and O–H groups in total. The Bertz CT molecular complexity index is 682. The first kappa shape index (κ1) is 15.0. The number of hydrogen-bond donors (Lipinski definition) is 1. The Morgan fingerprint density at radius 1 is 1.40 bits per heavy atom. The molecule has 0 bridgehead atoms. The number of carboxylic acids is 1. The Labute approximate surface area is 124 Å². The van der Waals surface area contributed by atoms with E-state index in [2.05, 4.69) is 20.9 Å². The number of alkyl halides is 3.